The maximum absolute atomic E-state index is 11.0. The van der Waals surface area contributed by atoms with E-state index in [1.807, 2.05) is 31.2 Å². The normalized spacial score (nSPS) is 12.8. The van der Waals surface area contributed by atoms with Gasteiger partial charge in [0.25, 0.3) is 0 Å². The molecule has 2 rings (SSSR count). The monoisotopic (exact) mass is 231 g/mol. The third kappa shape index (κ3) is 2.02. The first-order chi connectivity index (χ1) is 8.15. The van der Waals surface area contributed by atoms with Gasteiger partial charge in [-0.15, -0.1) is 0 Å². The summed E-state index contributed by atoms with van der Waals surface area (Å²) in [5.74, 6) is -0.268. The van der Waals surface area contributed by atoms with Crippen LogP contribution < -0.4 is 5.11 Å². The van der Waals surface area contributed by atoms with Gasteiger partial charge in [0.05, 0.1) is 23.0 Å². The Kier molecular flexibility index (Phi) is 3.13. The Morgan fingerprint density at radius 2 is 2.18 bits per heavy atom. The fraction of sp³-hybridized carbons (Fsp3) is 0.385. The molecule has 2 aromatic rings. The molecule has 4 nitrogen and oxygen atoms in total. The van der Waals surface area contributed by atoms with Crippen LogP contribution in [0.5, 0.6) is 0 Å². The maximum atomic E-state index is 11.0. The first kappa shape index (κ1) is 11.6. The molecule has 0 aliphatic heterocycles. The summed E-state index contributed by atoms with van der Waals surface area (Å²) < 4.78 is 1.76. The van der Waals surface area contributed by atoms with Gasteiger partial charge in [-0.1, -0.05) is 19.1 Å². The van der Waals surface area contributed by atoms with Gasteiger partial charge in [-0.25, -0.2) is 4.98 Å². The van der Waals surface area contributed by atoms with Crippen LogP contribution in [0.4, 0.5) is 0 Å². The van der Waals surface area contributed by atoms with E-state index in [0.29, 0.717) is 0 Å². The van der Waals surface area contributed by atoms with E-state index in [0.717, 1.165) is 29.7 Å². The van der Waals surface area contributed by atoms with Crippen molar-refractivity contribution >= 4 is 17.0 Å². The third-order valence-corrected chi connectivity index (χ3v) is 2.87. The van der Waals surface area contributed by atoms with Crippen molar-refractivity contribution in [2.75, 3.05) is 0 Å². The minimum Gasteiger partial charge on any atom is -0.548 e. The summed E-state index contributed by atoms with van der Waals surface area (Å²) in [5.41, 5.74) is 1.69. The van der Waals surface area contributed by atoms with E-state index < -0.39 is 12.0 Å². The van der Waals surface area contributed by atoms with Gasteiger partial charge in [0.15, 0.2) is 0 Å². The highest BCUT2D eigenvalue weighted by molar-refractivity contribution is 5.79. The lowest BCUT2D eigenvalue weighted by atomic mass is 10.2. The first-order valence-electron chi connectivity index (χ1n) is 5.81. The number of hydrogen-bond acceptors (Lipinski definition) is 3. The highest BCUT2D eigenvalue weighted by atomic mass is 16.4. The highest BCUT2D eigenvalue weighted by Crippen LogP contribution is 2.21. The summed E-state index contributed by atoms with van der Waals surface area (Å²) in [6.45, 7) is 3.68. The molecule has 0 aliphatic carbocycles. The Morgan fingerprint density at radius 3 is 2.82 bits per heavy atom. The number of carbonyl (C=O) groups is 1. The topological polar surface area (TPSA) is 58.0 Å². The predicted octanol–water partition coefficient (Wildman–Crippen LogP) is 1.30. The molecule has 0 fully saturated rings. The number of carboxylic acid groups (broad SMARTS) is 1. The molecule has 0 radical (unpaired) electrons. The molecule has 1 aromatic carbocycles. The number of benzene rings is 1. The zero-order valence-corrected chi connectivity index (χ0v) is 10.0. The number of para-hydroxylation sites is 2. The van der Waals surface area contributed by atoms with Crippen molar-refractivity contribution in [3.8, 4) is 0 Å². The number of nitrogens with zero attached hydrogens (tertiary/aromatic N) is 2. The van der Waals surface area contributed by atoms with Crippen molar-refractivity contribution in [3.05, 3.63) is 30.1 Å². The summed E-state index contributed by atoms with van der Waals surface area (Å²) in [5, 5.41) is 11.0. The van der Waals surface area contributed by atoms with Gasteiger partial charge in [-0.05, 0) is 25.5 Å². The van der Waals surface area contributed by atoms with Crippen LogP contribution in [0.3, 0.4) is 0 Å². The van der Waals surface area contributed by atoms with Crippen LogP contribution in [0.2, 0.25) is 0 Å². The SMILES string of the molecule is CCCc1nc2ccccc2n1[C@@H](C)C(=O)[O-]. The summed E-state index contributed by atoms with van der Waals surface area (Å²) in [6.07, 6.45) is 1.70. The average molecular weight is 231 g/mol. The highest BCUT2D eigenvalue weighted by Gasteiger charge is 2.15. The molecule has 0 spiro atoms. The van der Waals surface area contributed by atoms with Crippen molar-refractivity contribution in [2.45, 2.75) is 32.7 Å². The fourth-order valence-electron chi connectivity index (χ4n) is 2.03. The summed E-state index contributed by atoms with van der Waals surface area (Å²) in [4.78, 5) is 15.5. The number of carbonyl (C=O) groups excluding carboxylic acids is 1. The molecule has 1 heterocycles. The maximum Gasteiger partial charge on any atom is 0.110 e. The van der Waals surface area contributed by atoms with E-state index in [9.17, 15) is 9.90 Å². The van der Waals surface area contributed by atoms with Crippen LogP contribution in [0.25, 0.3) is 11.0 Å². The van der Waals surface area contributed by atoms with Crippen LogP contribution in [0.1, 0.15) is 32.1 Å². The summed E-state index contributed by atoms with van der Waals surface area (Å²) >= 11 is 0. The quantitative estimate of drug-likeness (QED) is 0.797. The van der Waals surface area contributed by atoms with Gasteiger partial charge < -0.3 is 14.5 Å². The Morgan fingerprint density at radius 1 is 1.47 bits per heavy atom. The number of fused-ring (bicyclic) bond motifs is 1. The van der Waals surface area contributed by atoms with Crippen molar-refractivity contribution in [3.63, 3.8) is 0 Å². The zero-order chi connectivity index (χ0) is 12.4. The number of hydrogen-bond donors (Lipinski definition) is 0. The van der Waals surface area contributed by atoms with Crippen molar-refractivity contribution < 1.29 is 9.90 Å². The lowest BCUT2D eigenvalue weighted by molar-refractivity contribution is -0.309. The Hall–Kier alpha value is -1.84. The van der Waals surface area contributed by atoms with E-state index in [-0.39, 0.29) is 0 Å². The molecular weight excluding hydrogens is 216 g/mol. The van der Waals surface area contributed by atoms with Gasteiger partial charge in [0, 0.05) is 6.42 Å². The fourth-order valence-corrected chi connectivity index (χ4v) is 2.03. The molecular formula is C13H15N2O2-. The van der Waals surface area contributed by atoms with Crippen LogP contribution in [-0.4, -0.2) is 15.5 Å². The molecule has 0 saturated carbocycles. The smallest absolute Gasteiger partial charge is 0.110 e. The van der Waals surface area contributed by atoms with Crippen LogP contribution in [0, 0.1) is 0 Å². The van der Waals surface area contributed by atoms with Gasteiger partial charge >= 0.3 is 0 Å². The summed E-state index contributed by atoms with van der Waals surface area (Å²) in [6, 6.07) is 6.88. The lowest BCUT2D eigenvalue weighted by Crippen LogP contribution is -2.32. The third-order valence-electron chi connectivity index (χ3n) is 2.87. The average Bonchev–Trinajstić information content (AvgIpc) is 2.66. The van der Waals surface area contributed by atoms with Crippen LogP contribution >= 0.6 is 0 Å². The molecule has 4 heteroatoms. The molecule has 0 unspecified atom stereocenters. The largest absolute Gasteiger partial charge is 0.548 e. The van der Waals surface area contributed by atoms with Gasteiger partial charge in [0.2, 0.25) is 0 Å². The second kappa shape index (κ2) is 4.57. The van der Waals surface area contributed by atoms with Crippen molar-refractivity contribution in [1.29, 1.82) is 0 Å². The predicted molar refractivity (Wildman–Crippen MR) is 63.4 cm³/mol. The van der Waals surface area contributed by atoms with E-state index in [1.165, 1.54) is 0 Å². The van der Waals surface area contributed by atoms with Crippen LogP contribution in [-0.2, 0) is 11.2 Å². The van der Waals surface area contributed by atoms with E-state index in [4.69, 9.17) is 0 Å². The number of rotatable bonds is 4. The first-order valence-corrected chi connectivity index (χ1v) is 5.81. The summed E-state index contributed by atoms with van der Waals surface area (Å²) in [7, 11) is 0. The standard InChI is InChI=1S/C13H16N2O2/c1-3-6-12-14-10-7-4-5-8-11(10)15(12)9(2)13(16)17/h4-5,7-9H,3,6H2,1-2H3,(H,16,17)/p-1/t9-/m0/s1. The molecule has 0 N–H and O–H groups in total. The van der Waals surface area contributed by atoms with Gasteiger partial charge in [-0.3, -0.25) is 0 Å². The number of aromatic nitrogens is 2. The minimum atomic E-state index is -1.08. The second-order valence-electron chi connectivity index (χ2n) is 4.13. The molecule has 17 heavy (non-hydrogen) atoms. The van der Waals surface area contributed by atoms with Gasteiger partial charge in [0.1, 0.15) is 5.82 Å². The molecule has 90 valence electrons. The van der Waals surface area contributed by atoms with Crippen molar-refractivity contribution in [1.82, 2.24) is 9.55 Å². The Bertz CT molecular complexity index is 545. The molecule has 0 amide bonds. The molecule has 1 atom stereocenters. The van der Waals surface area contributed by atoms with E-state index in [2.05, 4.69) is 4.98 Å². The minimum absolute atomic E-state index is 0.691. The number of aliphatic carboxylic acids is 1. The Balaban J connectivity index is 2.63. The molecule has 1 aromatic heterocycles. The molecule has 0 aliphatic rings. The molecule has 0 bridgehead atoms. The number of imidazole rings is 1. The van der Waals surface area contributed by atoms with Crippen molar-refractivity contribution in [2.24, 2.45) is 0 Å². The Labute approximate surface area is 99.9 Å². The lowest BCUT2D eigenvalue weighted by Gasteiger charge is -2.18. The number of aryl methyl sites for hydroxylation is 1. The number of carboxylic acids is 1. The zero-order valence-electron chi connectivity index (χ0n) is 10.0. The van der Waals surface area contributed by atoms with E-state index >= 15 is 0 Å². The molecule has 0 saturated heterocycles. The van der Waals surface area contributed by atoms with Gasteiger partial charge in [-0.2, -0.15) is 0 Å². The van der Waals surface area contributed by atoms with Crippen LogP contribution in [0.15, 0.2) is 24.3 Å². The van der Waals surface area contributed by atoms with E-state index in [1.54, 1.807) is 11.5 Å². The second-order valence-corrected chi connectivity index (χ2v) is 4.13.